The number of hydrogen-bond donors (Lipinski definition) is 3. The molecule has 2 rings (SSSR count). The van der Waals surface area contributed by atoms with Crippen LogP contribution in [0.5, 0.6) is 0 Å². The van der Waals surface area contributed by atoms with Crippen LogP contribution in [0.4, 0.5) is 0 Å². The predicted molar refractivity (Wildman–Crippen MR) is 85.0 cm³/mol. The fraction of sp³-hybridized carbons (Fsp3) is 0.941. The fourth-order valence-electron chi connectivity index (χ4n) is 3.86. The maximum Gasteiger partial charge on any atom is 0.227 e. The van der Waals surface area contributed by atoms with Gasteiger partial charge in [0.25, 0.3) is 0 Å². The molecule has 122 valence electrons. The van der Waals surface area contributed by atoms with Gasteiger partial charge in [0.2, 0.25) is 5.91 Å². The second kappa shape index (κ2) is 7.10. The minimum atomic E-state index is -0.682. The van der Waals surface area contributed by atoms with Crippen molar-refractivity contribution in [3.8, 4) is 0 Å². The number of hydrogen-bond acceptors (Lipinski definition) is 3. The predicted octanol–water partition coefficient (Wildman–Crippen LogP) is 2.21. The van der Waals surface area contributed by atoms with Crippen LogP contribution < -0.4 is 10.6 Å². The third-order valence-electron chi connectivity index (χ3n) is 5.82. The Balaban J connectivity index is 1.85. The Labute approximate surface area is 129 Å². The largest absolute Gasteiger partial charge is 0.388 e. The highest BCUT2D eigenvalue weighted by Crippen LogP contribution is 2.34. The summed E-state index contributed by atoms with van der Waals surface area (Å²) < 4.78 is 0. The number of piperidine rings is 1. The zero-order valence-corrected chi connectivity index (χ0v) is 13.7. The molecule has 1 unspecified atom stereocenters. The topological polar surface area (TPSA) is 61.4 Å². The minimum absolute atomic E-state index is 0.128. The van der Waals surface area contributed by atoms with Gasteiger partial charge >= 0.3 is 0 Å². The number of rotatable bonds is 5. The molecule has 3 N–H and O–H groups in total. The lowest BCUT2D eigenvalue weighted by atomic mass is 9.76. The molecule has 0 aromatic heterocycles. The highest BCUT2D eigenvalue weighted by molar-refractivity contribution is 5.83. The number of nitrogens with one attached hydrogen (secondary N) is 2. The lowest BCUT2D eigenvalue weighted by Gasteiger charge is -2.39. The second-order valence-corrected chi connectivity index (χ2v) is 7.17. The van der Waals surface area contributed by atoms with Crippen LogP contribution in [0.3, 0.4) is 0 Å². The summed E-state index contributed by atoms with van der Waals surface area (Å²) in [4.78, 5) is 12.6. The molecule has 4 heteroatoms. The van der Waals surface area contributed by atoms with Gasteiger partial charge in [0, 0.05) is 13.1 Å². The molecule has 0 aromatic rings. The Morgan fingerprint density at radius 2 is 2.00 bits per heavy atom. The second-order valence-electron chi connectivity index (χ2n) is 7.17. The van der Waals surface area contributed by atoms with E-state index in [-0.39, 0.29) is 11.3 Å². The zero-order chi connectivity index (χ0) is 15.3. The Morgan fingerprint density at radius 1 is 1.29 bits per heavy atom. The Morgan fingerprint density at radius 3 is 2.52 bits per heavy atom. The monoisotopic (exact) mass is 296 g/mol. The summed E-state index contributed by atoms with van der Waals surface area (Å²) in [5, 5.41) is 17.1. The summed E-state index contributed by atoms with van der Waals surface area (Å²) in [5.41, 5.74) is -0.951. The summed E-state index contributed by atoms with van der Waals surface area (Å²) >= 11 is 0. The molecular formula is C17H32N2O2. The van der Waals surface area contributed by atoms with E-state index in [1.54, 1.807) is 0 Å². The maximum atomic E-state index is 12.6. The van der Waals surface area contributed by atoms with Crippen molar-refractivity contribution in [2.75, 3.05) is 19.6 Å². The van der Waals surface area contributed by atoms with Crippen LogP contribution in [0.25, 0.3) is 0 Å². The smallest absolute Gasteiger partial charge is 0.227 e. The van der Waals surface area contributed by atoms with Crippen LogP contribution in [0, 0.1) is 11.3 Å². The highest BCUT2D eigenvalue weighted by atomic mass is 16.3. The molecule has 0 bridgehead atoms. The van der Waals surface area contributed by atoms with Gasteiger partial charge in [-0.05, 0) is 57.4 Å². The molecular weight excluding hydrogens is 264 g/mol. The Bertz CT molecular complexity index is 343. The fourth-order valence-corrected chi connectivity index (χ4v) is 3.86. The summed E-state index contributed by atoms with van der Waals surface area (Å²) in [6.07, 6.45) is 7.90. The van der Waals surface area contributed by atoms with E-state index in [0.29, 0.717) is 6.54 Å². The molecule has 1 atom stereocenters. The van der Waals surface area contributed by atoms with Gasteiger partial charge in [-0.25, -0.2) is 0 Å². The highest BCUT2D eigenvalue weighted by Gasteiger charge is 2.39. The first kappa shape index (κ1) is 16.8. The van der Waals surface area contributed by atoms with E-state index in [0.717, 1.165) is 64.0 Å². The van der Waals surface area contributed by atoms with E-state index < -0.39 is 5.60 Å². The van der Waals surface area contributed by atoms with Crippen LogP contribution in [-0.2, 0) is 4.79 Å². The molecule has 1 aliphatic heterocycles. The zero-order valence-electron chi connectivity index (χ0n) is 13.7. The average molecular weight is 296 g/mol. The minimum Gasteiger partial charge on any atom is -0.388 e. The van der Waals surface area contributed by atoms with E-state index in [4.69, 9.17) is 0 Å². The third kappa shape index (κ3) is 3.98. The van der Waals surface area contributed by atoms with E-state index in [1.165, 1.54) is 6.42 Å². The number of amides is 1. The Hall–Kier alpha value is -0.610. The van der Waals surface area contributed by atoms with Crippen molar-refractivity contribution < 1.29 is 9.90 Å². The molecule has 1 heterocycles. The molecule has 1 saturated carbocycles. The van der Waals surface area contributed by atoms with Crippen LogP contribution >= 0.6 is 0 Å². The summed E-state index contributed by atoms with van der Waals surface area (Å²) in [6, 6.07) is 0. The maximum absolute atomic E-state index is 12.6. The molecule has 4 nitrogen and oxygen atoms in total. The van der Waals surface area contributed by atoms with Crippen LogP contribution in [0.1, 0.15) is 65.2 Å². The average Bonchev–Trinajstić information content (AvgIpc) is 2.54. The van der Waals surface area contributed by atoms with Gasteiger partial charge in [-0.3, -0.25) is 4.79 Å². The van der Waals surface area contributed by atoms with Crippen LogP contribution in [-0.4, -0.2) is 36.2 Å². The van der Waals surface area contributed by atoms with Gasteiger partial charge in [-0.15, -0.1) is 0 Å². The van der Waals surface area contributed by atoms with E-state index in [9.17, 15) is 9.90 Å². The molecule has 0 spiro atoms. The van der Waals surface area contributed by atoms with Gasteiger partial charge in [-0.1, -0.05) is 20.3 Å². The van der Waals surface area contributed by atoms with Crippen molar-refractivity contribution in [3.05, 3.63) is 0 Å². The van der Waals surface area contributed by atoms with Crippen molar-refractivity contribution in [3.63, 3.8) is 0 Å². The van der Waals surface area contributed by atoms with E-state index in [1.807, 2.05) is 0 Å². The molecule has 0 radical (unpaired) electrons. The molecule has 1 saturated heterocycles. The first-order valence-electron chi connectivity index (χ1n) is 8.75. The Kier molecular flexibility index (Phi) is 5.67. The lowest BCUT2D eigenvalue weighted by molar-refractivity contribution is -0.134. The number of carbonyl (C=O) groups is 1. The number of aliphatic hydroxyl groups is 1. The molecule has 2 fully saturated rings. The van der Waals surface area contributed by atoms with Gasteiger partial charge in [0.05, 0.1) is 11.0 Å². The van der Waals surface area contributed by atoms with Crippen LogP contribution in [0.15, 0.2) is 0 Å². The summed E-state index contributed by atoms with van der Waals surface area (Å²) in [5.74, 6) is 0.883. The van der Waals surface area contributed by atoms with E-state index >= 15 is 0 Å². The molecule has 2 aliphatic rings. The normalized spacial score (nSPS) is 37.2. The van der Waals surface area contributed by atoms with Gasteiger partial charge in [0.15, 0.2) is 0 Å². The first-order valence-corrected chi connectivity index (χ1v) is 8.75. The first-order chi connectivity index (χ1) is 10.0. The van der Waals surface area contributed by atoms with Crippen molar-refractivity contribution in [1.29, 1.82) is 0 Å². The lowest BCUT2D eigenvalue weighted by Crippen LogP contribution is -2.53. The van der Waals surface area contributed by atoms with Crippen molar-refractivity contribution in [1.82, 2.24) is 10.6 Å². The van der Waals surface area contributed by atoms with Gasteiger partial charge in [-0.2, -0.15) is 0 Å². The van der Waals surface area contributed by atoms with Crippen molar-refractivity contribution in [2.24, 2.45) is 11.3 Å². The molecule has 1 amide bonds. The van der Waals surface area contributed by atoms with Crippen molar-refractivity contribution >= 4 is 5.91 Å². The quantitative estimate of drug-likeness (QED) is 0.729. The third-order valence-corrected chi connectivity index (χ3v) is 5.82. The number of carbonyl (C=O) groups excluding carboxylic acids is 1. The summed E-state index contributed by atoms with van der Waals surface area (Å²) in [7, 11) is 0. The standard InChI is InChI=1S/C17H32N2O2/c1-3-14-6-9-17(21,10-7-14)13-19-15(20)16(4-2)8-5-11-18-12-16/h14,18,21H,3-13H2,1-2H3,(H,19,20). The van der Waals surface area contributed by atoms with Crippen molar-refractivity contribution in [2.45, 2.75) is 70.8 Å². The molecule has 21 heavy (non-hydrogen) atoms. The SMILES string of the molecule is CCC1CCC(O)(CNC(=O)C2(CC)CCCNC2)CC1. The van der Waals surface area contributed by atoms with Crippen LogP contribution in [0.2, 0.25) is 0 Å². The molecule has 0 aromatic carbocycles. The summed E-state index contributed by atoms with van der Waals surface area (Å²) in [6.45, 7) is 6.51. The molecule has 1 aliphatic carbocycles. The van der Waals surface area contributed by atoms with E-state index in [2.05, 4.69) is 24.5 Å². The van der Waals surface area contributed by atoms with Gasteiger partial charge < -0.3 is 15.7 Å². The van der Waals surface area contributed by atoms with Gasteiger partial charge in [0.1, 0.15) is 0 Å².